The fraction of sp³-hybridized carbons (Fsp3) is 0.263. The zero-order valence-corrected chi connectivity index (χ0v) is 14.8. The van der Waals surface area contributed by atoms with E-state index < -0.39 is 11.8 Å². The van der Waals surface area contributed by atoms with Crippen molar-refractivity contribution in [3.63, 3.8) is 0 Å². The number of hydrogen-bond donors (Lipinski definition) is 2. The van der Waals surface area contributed by atoms with E-state index in [1.165, 1.54) is 14.2 Å². The molecule has 2 amide bonds. The molecule has 0 atom stereocenters. The number of methoxy groups -OCH3 is 2. The number of hydrogen-bond acceptors (Lipinski definition) is 4. The van der Waals surface area contributed by atoms with E-state index in [0.29, 0.717) is 22.9 Å². The van der Waals surface area contributed by atoms with Crippen LogP contribution in [0.25, 0.3) is 0 Å². The highest BCUT2D eigenvalue weighted by Crippen LogP contribution is 2.26. The highest BCUT2D eigenvalue weighted by atomic mass is 16.5. The van der Waals surface area contributed by atoms with Crippen molar-refractivity contribution < 1.29 is 19.1 Å². The van der Waals surface area contributed by atoms with Crippen molar-refractivity contribution in [1.82, 2.24) is 0 Å². The van der Waals surface area contributed by atoms with Gasteiger partial charge in [0.1, 0.15) is 17.9 Å². The summed E-state index contributed by atoms with van der Waals surface area (Å²) in [5, 5.41) is 5.37. The van der Waals surface area contributed by atoms with Crippen molar-refractivity contribution in [3.05, 3.63) is 47.5 Å². The van der Waals surface area contributed by atoms with Gasteiger partial charge in [-0.2, -0.15) is 0 Å². The van der Waals surface area contributed by atoms with Crippen molar-refractivity contribution in [1.29, 1.82) is 0 Å². The molecule has 132 valence electrons. The third-order valence-electron chi connectivity index (χ3n) is 3.58. The van der Waals surface area contributed by atoms with Gasteiger partial charge < -0.3 is 20.1 Å². The topological polar surface area (TPSA) is 76.7 Å². The Morgan fingerprint density at radius 2 is 1.20 bits per heavy atom. The first-order valence-corrected chi connectivity index (χ1v) is 7.82. The summed E-state index contributed by atoms with van der Waals surface area (Å²) in [5.41, 5.74) is 3.08. The minimum absolute atomic E-state index is 0.311. The van der Waals surface area contributed by atoms with Gasteiger partial charge >= 0.3 is 0 Å². The monoisotopic (exact) mass is 342 g/mol. The number of aryl methyl sites for hydroxylation is 2. The largest absolute Gasteiger partial charge is 0.495 e. The van der Waals surface area contributed by atoms with Crippen molar-refractivity contribution >= 4 is 23.2 Å². The van der Waals surface area contributed by atoms with E-state index >= 15 is 0 Å². The maximum atomic E-state index is 12.1. The Kier molecular flexibility index (Phi) is 6.00. The molecule has 2 aromatic carbocycles. The summed E-state index contributed by atoms with van der Waals surface area (Å²) >= 11 is 0. The summed E-state index contributed by atoms with van der Waals surface area (Å²) in [6.45, 7) is 3.85. The van der Waals surface area contributed by atoms with Gasteiger partial charge in [-0.15, -0.1) is 0 Å². The molecular formula is C19H22N2O4. The Morgan fingerprint density at radius 3 is 1.56 bits per heavy atom. The summed E-state index contributed by atoms with van der Waals surface area (Å²) in [4.78, 5) is 24.2. The van der Waals surface area contributed by atoms with Crippen LogP contribution in [0, 0.1) is 13.8 Å². The molecule has 0 aliphatic rings. The minimum Gasteiger partial charge on any atom is -0.495 e. The van der Waals surface area contributed by atoms with E-state index in [2.05, 4.69) is 10.6 Å². The lowest BCUT2D eigenvalue weighted by molar-refractivity contribution is -0.123. The molecule has 0 saturated heterocycles. The van der Waals surface area contributed by atoms with E-state index in [1.807, 2.05) is 38.1 Å². The van der Waals surface area contributed by atoms with Crippen LogP contribution in [0.2, 0.25) is 0 Å². The van der Waals surface area contributed by atoms with Gasteiger partial charge in [-0.3, -0.25) is 9.59 Å². The molecule has 0 heterocycles. The first-order valence-electron chi connectivity index (χ1n) is 7.82. The van der Waals surface area contributed by atoms with Crippen LogP contribution in [0.3, 0.4) is 0 Å². The summed E-state index contributed by atoms with van der Waals surface area (Å²) in [5.74, 6) is 0.249. The van der Waals surface area contributed by atoms with E-state index in [9.17, 15) is 9.59 Å². The fourth-order valence-corrected chi connectivity index (χ4v) is 2.34. The van der Waals surface area contributed by atoms with Gasteiger partial charge in [-0.1, -0.05) is 12.1 Å². The van der Waals surface area contributed by atoms with Gasteiger partial charge in [0.25, 0.3) is 0 Å². The first-order chi connectivity index (χ1) is 11.9. The molecule has 2 aromatic rings. The second kappa shape index (κ2) is 8.19. The lowest BCUT2D eigenvalue weighted by Gasteiger charge is -2.12. The zero-order chi connectivity index (χ0) is 18.4. The van der Waals surface area contributed by atoms with Crippen LogP contribution in [0.1, 0.15) is 17.5 Å². The van der Waals surface area contributed by atoms with Crippen molar-refractivity contribution in [2.45, 2.75) is 20.3 Å². The van der Waals surface area contributed by atoms with Crippen LogP contribution in [-0.2, 0) is 9.59 Å². The van der Waals surface area contributed by atoms with Crippen LogP contribution in [0.15, 0.2) is 36.4 Å². The molecule has 0 spiro atoms. The van der Waals surface area contributed by atoms with E-state index in [-0.39, 0.29) is 6.42 Å². The predicted molar refractivity (Wildman–Crippen MR) is 97.3 cm³/mol. The molecule has 0 saturated carbocycles. The number of ether oxygens (including phenoxy) is 2. The quantitative estimate of drug-likeness (QED) is 0.790. The average molecular weight is 342 g/mol. The lowest BCUT2D eigenvalue weighted by Crippen LogP contribution is -2.22. The number of amides is 2. The molecule has 25 heavy (non-hydrogen) atoms. The maximum absolute atomic E-state index is 12.1. The SMILES string of the molecule is COc1cc(C)ccc1NC(=O)CC(=O)Nc1ccc(C)cc1OC. The number of nitrogens with one attached hydrogen (secondary N) is 2. The molecule has 0 fully saturated rings. The van der Waals surface area contributed by atoms with Gasteiger partial charge in [-0.25, -0.2) is 0 Å². The summed E-state index contributed by atoms with van der Waals surface area (Å²) in [6, 6.07) is 10.8. The molecular weight excluding hydrogens is 320 g/mol. The Balaban J connectivity index is 2.00. The highest BCUT2D eigenvalue weighted by molar-refractivity contribution is 6.08. The van der Waals surface area contributed by atoms with Crippen LogP contribution < -0.4 is 20.1 Å². The van der Waals surface area contributed by atoms with Gasteiger partial charge in [0, 0.05) is 0 Å². The molecule has 2 rings (SSSR count). The van der Waals surface area contributed by atoms with Crippen molar-refractivity contribution in [2.24, 2.45) is 0 Å². The summed E-state index contributed by atoms with van der Waals surface area (Å²) in [6.07, 6.45) is -0.311. The van der Waals surface area contributed by atoms with Crippen LogP contribution >= 0.6 is 0 Å². The van der Waals surface area contributed by atoms with E-state index in [0.717, 1.165) is 11.1 Å². The molecule has 6 heteroatoms. The summed E-state index contributed by atoms with van der Waals surface area (Å²) in [7, 11) is 3.06. The van der Waals surface area contributed by atoms with Gasteiger partial charge in [0.05, 0.1) is 25.6 Å². The van der Waals surface area contributed by atoms with Crippen LogP contribution in [0.4, 0.5) is 11.4 Å². The third-order valence-corrected chi connectivity index (χ3v) is 3.58. The second-order valence-corrected chi connectivity index (χ2v) is 5.68. The Bertz CT molecular complexity index is 721. The Morgan fingerprint density at radius 1 is 0.800 bits per heavy atom. The number of benzene rings is 2. The van der Waals surface area contributed by atoms with Crippen LogP contribution in [0.5, 0.6) is 11.5 Å². The fourth-order valence-electron chi connectivity index (χ4n) is 2.34. The highest BCUT2D eigenvalue weighted by Gasteiger charge is 2.14. The molecule has 0 radical (unpaired) electrons. The zero-order valence-electron chi connectivity index (χ0n) is 14.8. The second-order valence-electron chi connectivity index (χ2n) is 5.68. The molecule has 0 bridgehead atoms. The van der Waals surface area contributed by atoms with Gasteiger partial charge in [0.15, 0.2) is 0 Å². The third kappa shape index (κ3) is 4.97. The Hall–Kier alpha value is -3.02. The Labute approximate surface area is 147 Å². The number of carbonyl (C=O) groups excluding carboxylic acids is 2. The normalized spacial score (nSPS) is 10.1. The van der Waals surface area contributed by atoms with Crippen LogP contribution in [-0.4, -0.2) is 26.0 Å². The molecule has 2 N–H and O–H groups in total. The molecule has 0 unspecified atom stereocenters. The smallest absolute Gasteiger partial charge is 0.233 e. The number of rotatable bonds is 6. The standard InChI is InChI=1S/C19H22N2O4/c1-12-5-7-14(16(9-12)24-3)20-18(22)11-19(23)21-15-8-6-13(2)10-17(15)25-4/h5-10H,11H2,1-4H3,(H,20,22)(H,21,23). The number of anilines is 2. The lowest BCUT2D eigenvalue weighted by atomic mass is 10.2. The van der Waals surface area contributed by atoms with Crippen molar-refractivity contribution in [2.75, 3.05) is 24.9 Å². The summed E-state index contributed by atoms with van der Waals surface area (Å²) < 4.78 is 10.5. The van der Waals surface area contributed by atoms with Crippen molar-refractivity contribution in [3.8, 4) is 11.5 Å². The number of carbonyl (C=O) groups is 2. The van der Waals surface area contributed by atoms with Gasteiger partial charge in [-0.05, 0) is 49.2 Å². The first kappa shape index (κ1) is 18.3. The molecule has 0 aliphatic heterocycles. The van der Waals surface area contributed by atoms with E-state index in [1.54, 1.807) is 12.1 Å². The van der Waals surface area contributed by atoms with E-state index in [4.69, 9.17) is 9.47 Å². The molecule has 6 nitrogen and oxygen atoms in total. The average Bonchev–Trinajstić information content (AvgIpc) is 2.57. The molecule has 0 aromatic heterocycles. The minimum atomic E-state index is -0.425. The molecule has 0 aliphatic carbocycles. The van der Waals surface area contributed by atoms with Gasteiger partial charge in [0.2, 0.25) is 11.8 Å². The maximum Gasteiger partial charge on any atom is 0.233 e. The predicted octanol–water partition coefficient (Wildman–Crippen LogP) is 3.29.